The molecule has 2 aliphatic rings. The van der Waals surface area contributed by atoms with Crippen molar-refractivity contribution in [2.24, 2.45) is 0 Å². The Hall–Kier alpha value is -0.860. The van der Waals surface area contributed by atoms with Crippen LogP contribution in [-0.2, 0) is 4.08 Å². The Balaban J connectivity index is 1.98. The molecule has 0 radical (unpaired) electrons. The summed E-state index contributed by atoms with van der Waals surface area (Å²) in [7, 11) is 0. The van der Waals surface area contributed by atoms with Gasteiger partial charge in [-0.25, -0.2) is 0 Å². The summed E-state index contributed by atoms with van der Waals surface area (Å²) in [6.45, 7) is 6.80. The zero-order valence-corrected chi connectivity index (χ0v) is 15.1. The van der Waals surface area contributed by atoms with Crippen molar-refractivity contribution in [3.05, 3.63) is 58.7 Å². The highest BCUT2D eigenvalue weighted by molar-refractivity contribution is 8.18. The normalized spacial score (nSPS) is 18.5. The second-order valence-electron chi connectivity index (χ2n) is 6.68. The highest BCUT2D eigenvalue weighted by atomic mass is 32.2. The van der Waals surface area contributed by atoms with Gasteiger partial charge >= 0.3 is 0 Å². The lowest BCUT2D eigenvalue weighted by molar-refractivity contribution is 0.862. The predicted molar refractivity (Wildman–Crippen MR) is 101 cm³/mol. The monoisotopic (exact) mass is 326 g/mol. The molecule has 0 bridgehead atoms. The summed E-state index contributed by atoms with van der Waals surface area (Å²) in [6, 6.07) is 14.2. The molecule has 22 heavy (non-hydrogen) atoms. The molecular weight excluding hydrogens is 304 g/mol. The summed E-state index contributed by atoms with van der Waals surface area (Å²) in [4.78, 5) is 0. The van der Waals surface area contributed by atoms with E-state index >= 15 is 0 Å². The molecule has 0 N–H and O–H groups in total. The van der Waals surface area contributed by atoms with Crippen LogP contribution in [0.3, 0.4) is 0 Å². The summed E-state index contributed by atoms with van der Waals surface area (Å²) in [5.74, 6) is 3.13. The Morgan fingerprint density at radius 2 is 1.55 bits per heavy atom. The molecule has 2 aromatic carbocycles. The molecule has 1 aliphatic heterocycles. The number of aryl methyl sites for hydroxylation is 1. The maximum atomic E-state index is 2.49. The molecule has 1 heterocycles. The molecule has 4 rings (SSSR count). The fraction of sp³-hybridized carbons (Fsp3) is 0.400. The zero-order chi connectivity index (χ0) is 15.3. The molecular formula is C20H22S2. The number of fused-ring (bicyclic) bond motifs is 5. The van der Waals surface area contributed by atoms with Gasteiger partial charge in [0.15, 0.2) is 0 Å². The van der Waals surface area contributed by atoms with Gasteiger partial charge < -0.3 is 0 Å². The average Bonchev–Trinajstić information content (AvgIpc) is 2.78. The van der Waals surface area contributed by atoms with Crippen molar-refractivity contribution < 1.29 is 0 Å². The van der Waals surface area contributed by atoms with Crippen LogP contribution in [0.2, 0.25) is 0 Å². The minimum Gasteiger partial charge on any atom is -0.135 e. The average molecular weight is 327 g/mol. The summed E-state index contributed by atoms with van der Waals surface area (Å²) >= 11 is 4.30. The molecule has 1 spiro atoms. The SMILES string of the molecule is Cc1ccc2c(c1)C1(SCCCS1)c1cc(C(C)C)ccc1-2. The van der Waals surface area contributed by atoms with E-state index in [9.17, 15) is 0 Å². The molecule has 2 heteroatoms. The predicted octanol–water partition coefficient (Wildman–Crippen LogP) is 6.17. The number of hydrogen-bond donors (Lipinski definition) is 0. The maximum Gasteiger partial charge on any atom is 0.112 e. The Labute approximate surface area is 142 Å². The van der Waals surface area contributed by atoms with E-state index in [0.717, 1.165) is 0 Å². The quantitative estimate of drug-likeness (QED) is 0.614. The van der Waals surface area contributed by atoms with Crippen LogP contribution in [0.1, 0.15) is 48.4 Å². The van der Waals surface area contributed by atoms with Gasteiger partial charge in [0.25, 0.3) is 0 Å². The van der Waals surface area contributed by atoms with Crippen LogP contribution >= 0.6 is 23.5 Å². The lowest BCUT2D eigenvalue weighted by Gasteiger charge is -2.35. The van der Waals surface area contributed by atoms with Crippen molar-refractivity contribution in [3.63, 3.8) is 0 Å². The van der Waals surface area contributed by atoms with E-state index in [2.05, 4.69) is 80.7 Å². The van der Waals surface area contributed by atoms with Gasteiger partial charge in [0.2, 0.25) is 0 Å². The summed E-state index contributed by atoms with van der Waals surface area (Å²) in [5, 5.41) is 0. The van der Waals surface area contributed by atoms with E-state index in [1.54, 1.807) is 5.56 Å². The molecule has 1 fully saturated rings. The fourth-order valence-corrected chi connectivity index (χ4v) is 7.05. The smallest absolute Gasteiger partial charge is 0.112 e. The highest BCUT2D eigenvalue weighted by Gasteiger charge is 2.45. The third-order valence-electron chi connectivity index (χ3n) is 4.78. The van der Waals surface area contributed by atoms with Crippen molar-refractivity contribution in [1.29, 1.82) is 0 Å². The molecule has 1 saturated heterocycles. The number of rotatable bonds is 1. The summed E-state index contributed by atoms with van der Waals surface area (Å²) in [6.07, 6.45) is 1.33. The molecule has 1 aliphatic carbocycles. The Morgan fingerprint density at radius 1 is 0.909 bits per heavy atom. The van der Waals surface area contributed by atoms with Crippen LogP contribution in [0.25, 0.3) is 11.1 Å². The van der Waals surface area contributed by atoms with Crippen LogP contribution in [0.4, 0.5) is 0 Å². The summed E-state index contributed by atoms with van der Waals surface area (Å²) < 4.78 is 0.139. The second kappa shape index (κ2) is 5.35. The minimum absolute atomic E-state index is 0.139. The molecule has 0 nitrogen and oxygen atoms in total. The van der Waals surface area contributed by atoms with E-state index in [0.29, 0.717) is 5.92 Å². The number of benzene rings is 2. The summed E-state index contributed by atoms with van der Waals surface area (Å²) in [5.41, 5.74) is 8.85. The van der Waals surface area contributed by atoms with E-state index in [-0.39, 0.29) is 4.08 Å². The lowest BCUT2D eigenvalue weighted by Crippen LogP contribution is -2.22. The van der Waals surface area contributed by atoms with Gasteiger partial charge in [-0.05, 0) is 58.6 Å². The molecule has 114 valence electrons. The van der Waals surface area contributed by atoms with Crippen molar-refractivity contribution >= 4 is 23.5 Å². The third kappa shape index (κ3) is 2.07. The van der Waals surface area contributed by atoms with Crippen molar-refractivity contribution in [3.8, 4) is 11.1 Å². The largest absolute Gasteiger partial charge is 0.135 e. The Bertz CT molecular complexity index is 724. The topological polar surface area (TPSA) is 0 Å². The Kier molecular flexibility index (Phi) is 3.58. The fourth-order valence-electron chi connectivity index (χ4n) is 3.58. The first-order valence-corrected chi connectivity index (χ1v) is 10.1. The van der Waals surface area contributed by atoms with Crippen LogP contribution in [0.5, 0.6) is 0 Å². The molecule has 0 aromatic heterocycles. The first-order chi connectivity index (χ1) is 10.6. The third-order valence-corrected chi connectivity index (χ3v) is 8.17. The van der Waals surface area contributed by atoms with Gasteiger partial charge in [-0.3, -0.25) is 0 Å². The molecule has 0 atom stereocenters. The van der Waals surface area contributed by atoms with E-state index in [1.807, 2.05) is 0 Å². The molecule has 0 unspecified atom stereocenters. The van der Waals surface area contributed by atoms with Gasteiger partial charge in [-0.1, -0.05) is 55.8 Å². The molecule has 2 aromatic rings. The Morgan fingerprint density at radius 3 is 2.23 bits per heavy atom. The van der Waals surface area contributed by atoms with Gasteiger partial charge in [0, 0.05) is 0 Å². The minimum atomic E-state index is 0.139. The van der Waals surface area contributed by atoms with Gasteiger partial charge in [0.1, 0.15) is 4.08 Å². The molecule has 0 saturated carbocycles. The van der Waals surface area contributed by atoms with Crippen molar-refractivity contribution in [2.75, 3.05) is 11.5 Å². The van der Waals surface area contributed by atoms with Crippen LogP contribution in [0.15, 0.2) is 36.4 Å². The van der Waals surface area contributed by atoms with E-state index in [4.69, 9.17) is 0 Å². The highest BCUT2D eigenvalue weighted by Crippen LogP contribution is 2.63. The first kappa shape index (κ1) is 14.7. The van der Waals surface area contributed by atoms with Crippen molar-refractivity contribution in [2.45, 2.75) is 37.2 Å². The van der Waals surface area contributed by atoms with Crippen LogP contribution in [-0.4, -0.2) is 11.5 Å². The van der Waals surface area contributed by atoms with Crippen molar-refractivity contribution in [1.82, 2.24) is 0 Å². The standard InChI is InChI=1S/C20H22S2/c1-13(2)15-6-8-17-16-7-5-14(3)11-18(16)20(19(17)12-15)21-9-4-10-22-20/h5-8,11-13H,4,9-10H2,1-3H3. The maximum absolute atomic E-state index is 2.49. The number of thioether (sulfide) groups is 2. The van der Waals surface area contributed by atoms with E-state index in [1.165, 1.54) is 45.7 Å². The zero-order valence-electron chi connectivity index (χ0n) is 13.5. The van der Waals surface area contributed by atoms with E-state index < -0.39 is 0 Å². The van der Waals surface area contributed by atoms with Crippen LogP contribution in [0, 0.1) is 6.92 Å². The molecule has 0 amide bonds. The number of hydrogen-bond acceptors (Lipinski definition) is 2. The first-order valence-electron chi connectivity index (χ1n) is 8.16. The van der Waals surface area contributed by atoms with Gasteiger partial charge in [-0.15, -0.1) is 23.5 Å². The second-order valence-corrected chi connectivity index (χ2v) is 9.55. The lowest BCUT2D eigenvalue weighted by atomic mass is 9.97. The van der Waals surface area contributed by atoms with Crippen LogP contribution < -0.4 is 0 Å². The van der Waals surface area contributed by atoms with Gasteiger partial charge in [0.05, 0.1) is 0 Å². The van der Waals surface area contributed by atoms with Gasteiger partial charge in [-0.2, -0.15) is 0 Å².